The Bertz CT molecular complexity index is 948. The Hall–Kier alpha value is -2.81. The number of aromatic nitrogens is 3. The normalized spacial score (nSPS) is 11.0. The van der Waals surface area contributed by atoms with Gasteiger partial charge in [-0.25, -0.2) is 9.67 Å². The molecule has 0 saturated carbocycles. The van der Waals surface area contributed by atoms with Gasteiger partial charge >= 0.3 is 5.92 Å². The standard InChI is InChI=1S/C18H16F2N4.C2H6/c1-11-5-4-6-12(2)15(11)9-24-17-14(13(3)23-24)7-8-16(22-17)18(19,20)10-21;1-2/h4-8H,9H2,1-3H3;1-2H3. The molecule has 0 radical (unpaired) electrons. The molecule has 0 unspecified atom stereocenters. The summed E-state index contributed by atoms with van der Waals surface area (Å²) in [6.07, 6.45) is 0. The topological polar surface area (TPSA) is 54.5 Å². The minimum absolute atomic E-state index is 0.363. The molecule has 0 aliphatic rings. The highest BCUT2D eigenvalue weighted by atomic mass is 19.3. The van der Waals surface area contributed by atoms with Gasteiger partial charge in [-0.2, -0.15) is 19.1 Å². The summed E-state index contributed by atoms with van der Waals surface area (Å²) in [4.78, 5) is 4.02. The van der Waals surface area contributed by atoms with Crippen LogP contribution < -0.4 is 0 Å². The molecule has 0 saturated heterocycles. The predicted octanol–water partition coefficient (Wildman–Crippen LogP) is 5.05. The third-order valence-corrected chi connectivity index (χ3v) is 4.19. The zero-order valence-corrected chi connectivity index (χ0v) is 15.6. The quantitative estimate of drug-likeness (QED) is 0.660. The van der Waals surface area contributed by atoms with Crippen LogP contribution in [-0.2, 0) is 12.5 Å². The highest BCUT2D eigenvalue weighted by Gasteiger charge is 2.33. The van der Waals surface area contributed by atoms with E-state index in [9.17, 15) is 8.78 Å². The van der Waals surface area contributed by atoms with E-state index in [1.54, 1.807) is 10.7 Å². The number of benzene rings is 1. The number of aryl methyl sites for hydroxylation is 3. The first-order chi connectivity index (χ1) is 12.3. The zero-order chi connectivity index (χ0) is 19.5. The molecule has 2 heterocycles. The molecular weight excluding hydrogens is 334 g/mol. The second-order valence-electron chi connectivity index (χ2n) is 5.87. The lowest BCUT2D eigenvalue weighted by molar-refractivity contribution is 0.0566. The number of nitriles is 1. The van der Waals surface area contributed by atoms with Crippen LogP contribution in [-0.4, -0.2) is 14.8 Å². The van der Waals surface area contributed by atoms with E-state index in [4.69, 9.17) is 5.26 Å². The van der Waals surface area contributed by atoms with E-state index in [1.807, 2.05) is 52.8 Å². The van der Waals surface area contributed by atoms with Crippen molar-refractivity contribution < 1.29 is 8.78 Å². The number of rotatable bonds is 3. The van der Waals surface area contributed by atoms with Crippen LogP contribution >= 0.6 is 0 Å². The molecule has 4 nitrogen and oxygen atoms in total. The van der Waals surface area contributed by atoms with Crippen LogP contribution in [0.4, 0.5) is 8.78 Å². The Balaban J connectivity index is 0.00000117. The summed E-state index contributed by atoms with van der Waals surface area (Å²) in [7, 11) is 0. The first-order valence-corrected chi connectivity index (χ1v) is 8.52. The number of alkyl halides is 2. The molecule has 2 aromatic heterocycles. The van der Waals surface area contributed by atoms with Crippen molar-refractivity contribution in [3.8, 4) is 6.07 Å². The maximum absolute atomic E-state index is 13.7. The van der Waals surface area contributed by atoms with Gasteiger partial charge in [0.2, 0.25) is 0 Å². The van der Waals surface area contributed by atoms with Crippen LogP contribution in [0.3, 0.4) is 0 Å². The first-order valence-electron chi connectivity index (χ1n) is 8.52. The first kappa shape index (κ1) is 19.5. The Morgan fingerprint density at radius 2 is 1.69 bits per heavy atom. The number of hydrogen-bond acceptors (Lipinski definition) is 3. The van der Waals surface area contributed by atoms with E-state index < -0.39 is 11.6 Å². The van der Waals surface area contributed by atoms with E-state index in [2.05, 4.69) is 10.1 Å². The Labute approximate surface area is 152 Å². The van der Waals surface area contributed by atoms with E-state index in [1.165, 1.54) is 6.07 Å². The Morgan fingerprint density at radius 3 is 2.27 bits per heavy atom. The van der Waals surface area contributed by atoms with Gasteiger partial charge in [0.05, 0.1) is 12.2 Å². The summed E-state index contributed by atoms with van der Waals surface area (Å²) in [6, 6.07) is 9.71. The molecule has 6 heteroatoms. The van der Waals surface area contributed by atoms with E-state index in [0.29, 0.717) is 17.6 Å². The highest BCUT2D eigenvalue weighted by molar-refractivity contribution is 5.78. The number of pyridine rings is 1. The smallest absolute Gasteiger partial charge is 0.243 e. The van der Waals surface area contributed by atoms with Gasteiger partial charge < -0.3 is 0 Å². The SMILES string of the molecule is CC.Cc1cccc(C)c1Cn1nc(C)c2ccc(C(F)(F)C#N)nc21. The monoisotopic (exact) mass is 356 g/mol. The molecule has 0 aliphatic carbocycles. The molecule has 136 valence electrons. The minimum Gasteiger partial charge on any atom is -0.243 e. The van der Waals surface area contributed by atoms with Crippen LogP contribution in [0.25, 0.3) is 11.0 Å². The fourth-order valence-corrected chi connectivity index (χ4v) is 2.80. The van der Waals surface area contributed by atoms with Crippen molar-refractivity contribution in [3.63, 3.8) is 0 Å². The Kier molecular flexibility index (Phi) is 5.71. The van der Waals surface area contributed by atoms with Crippen molar-refractivity contribution in [3.05, 3.63) is 58.4 Å². The van der Waals surface area contributed by atoms with Gasteiger partial charge in [-0.05, 0) is 49.6 Å². The van der Waals surface area contributed by atoms with Crippen LogP contribution in [0.15, 0.2) is 30.3 Å². The Morgan fingerprint density at radius 1 is 1.08 bits per heavy atom. The van der Waals surface area contributed by atoms with Crippen LogP contribution in [0, 0.1) is 32.1 Å². The fourth-order valence-electron chi connectivity index (χ4n) is 2.80. The van der Waals surface area contributed by atoms with Crippen LogP contribution in [0.5, 0.6) is 0 Å². The molecule has 26 heavy (non-hydrogen) atoms. The van der Waals surface area contributed by atoms with Gasteiger partial charge in [-0.15, -0.1) is 0 Å². The molecule has 0 bridgehead atoms. The third kappa shape index (κ3) is 3.57. The second kappa shape index (κ2) is 7.61. The van der Waals surface area contributed by atoms with Gasteiger partial charge in [0, 0.05) is 5.39 Å². The number of fused-ring (bicyclic) bond motifs is 1. The maximum atomic E-state index is 13.7. The molecule has 3 aromatic rings. The summed E-state index contributed by atoms with van der Waals surface area (Å²) in [6.45, 7) is 10.3. The molecule has 0 aliphatic heterocycles. The lowest BCUT2D eigenvalue weighted by Crippen LogP contribution is -2.13. The van der Waals surface area contributed by atoms with Crippen molar-refractivity contribution >= 4 is 11.0 Å². The van der Waals surface area contributed by atoms with Gasteiger partial charge in [0.25, 0.3) is 0 Å². The van der Waals surface area contributed by atoms with Crippen molar-refractivity contribution in [1.82, 2.24) is 14.8 Å². The number of halogens is 2. The number of nitrogens with zero attached hydrogens (tertiary/aromatic N) is 4. The molecule has 0 N–H and O–H groups in total. The summed E-state index contributed by atoms with van der Waals surface area (Å²) < 4.78 is 28.9. The van der Waals surface area contributed by atoms with Crippen LogP contribution in [0.2, 0.25) is 0 Å². The molecule has 0 atom stereocenters. The number of hydrogen-bond donors (Lipinski definition) is 0. The zero-order valence-electron chi connectivity index (χ0n) is 15.6. The minimum atomic E-state index is -3.62. The van der Waals surface area contributed by atoms with Crippen molar-refractivity contribution in [2.75, 3.05) is 0 Å². The van der Waals surface area contributed by atoms with Crippen LogP contribution in [0.1, 0.15) is 41.9 Å². The average Bonchev–Trinajstić information content (AvgIpc) is 2.95. The summed E-state index contributed by atoms with van der Waals surface area (Å²) in [5, 5.41) is 13.8. The van der Waals surface area contributed by atoms with Gasteiger partial charge in [0.1, 0.15) is 11.8 Å². The lowest BCUT2D eigenvalue weighted by atomic mass is 10.0. The summed E-state index contributed by atoms with van der Waals surface area (Å²) in [5.41, 5.74) is 3.82. The van der Waals surface area contributed by atoms with Crippen molar-refractivity contribution in [1.29, 1.82) is 5.26 Å². The largest absolute Gasteiger partial charge is 0.373 e. The van der Waals surface area contributed by atoms with E-state index in [-0.39, 0.29) is 0 Å². The van der Waals surface area contributed by atoms with E-state index >= 15 is 0 Å². The lowest BCUT2D eigenvalue weighted by Gasteiger charge is -2.11. The highest BCUT2D eigenvalue weighted by Crippen LogP contribution is 2.28. The molecule has 0 fully saturated rings. The molecular formula is C20H22F2N4. The molecule has 0 amide bonds. The van der Waals surface area contributed by atoms with Crippen molar-refractivity contribution in [2.24, 2.45) is 0 Å². The molecule has 3 rings (SSSR count). The van der Waals surface area contributed by atoms with Gasteiger partial charge in [0.15, 0.2) is 5.65 Å². The van der Waals surface area contributed by atoms with Crippen molar-refractivity contribution in [2.45, 2.75) is 47.1 Å². The second-order valence-corrected chi connectivity index (χ2v) is 5.87. The molecule has 1 aromatic carbocycles. The average molecular weight is 356 g/mol. The fraction of sp³-hybridized carbons (Fsp3) is 0.350. The van der Waals surface area contributed by atoms with Gasteiger partial charge in [-0.1, -0.05) is 32.0 Å². The third-order valence-electron chi connectivity index (χ3n) is 4.19. The molecule has 0 spiro atoms. The van der Waals surface area contributed by atoms with E-state index in [0.717, 1.165) is 28.5 Å². The maximum Gasteiger partial charge on any atom is 0.373 e. The summed E-state index contributed by atoms with van der Waals surface area (Å²) >= 11 is 0. The van der Waals surface area contributed by atoms with Gasteiger partial charge in [-0.3, -0.25) is 0 Å². The summed E-state index contributed by atoms with van der Waals surface area (Å²) in [5.74, 6) is -3.62. The predicted molar refractivity (Wildman–Crippen MR) is 98.1 cm³/mol.